The van der Waals surface area contributed by atoms with Gasteiger partial charge in [0.2, 0.25) is 0 Å². The van der Waals surface area contributed by atoms with E-state index in [-0.39, 0.29) is 18.6 Å². The molecule has 1 N–H and O–H groups in total. The maximum absolute atomic E-state index is 13.2. The number of methoxy groups -OCH3 is 1. The van der Waals surface area contributed by atoms with Gasteiger partial charge in [0.25, 0.3) is 5.91 Å². The van der Waals surface area contributed by atoms with Crippen LogP contribution in [0.4, 0.5) is 0 Å². The second-order valence-electron chi connectivity index (χ2n) is 8.08. The van der Waals surface area contributed by atoms with Gasteiger partial charge in [0.15, 0.2) is 6.61 Å². The lowest BCUT2D eigenvalue weighted by atomic mass is 9.96. The molecule has 0 saturated carbocycles. The SMILES string of the molecule is COc1ccc([C@H](c2c[nH]c3ccccc23)N(C)C(=O)COc2cc(C)cc(C)c2)cc1. The van der Waals surface area contributed by atoms with Gasteiger partial charge in [-0.05, 0) is 60.9 Å². The van der Waals surface area contributed by atoms with Crippen molar-refractivity contribution in [2.75, 3.05) is 20.8 Å². The van der Waals surface area contributed by atoms with E-state index in [4.69, 9.17) is 9.47 Å². The van der Waals surface area contributed by atoms with Crippen LogP contribution in [-0.2, 0) is 4.79 Å². The van der Waals surface area contributed by atoms with Crippen molar-refractivity contribution < 1.29 is 14.3 Å². The number of nitrogens with zero attached hydrogens (tertiary/aromatic N) is 1. The lowest BCUT2D eigenvalue weighted by molar-refractivity contribution is -0.133. The number of ether oxygens (including phenoxy) is 2. The van der Waals surface area contributed by atoms with Crippen LogP contribution in [0.3, 0.4) is 0 Å². The lowest BCUT2D eigenvalue weighted by Crippen LogP contribution is -2.35. The molecule has 3 aromatic carbocycles. The van der Waals surface area contributed by atoms with Crippen LogP contribution in [0, 0.1) is 13.8 Å². The highest BCUT2D eigenvalue weighted by atomic mass is 16.5. The van der Waals surface area contributed by atoms with Crippen molar-refractivity contribution in [3.8, 4) is 11.5 Å². The molecule has 0 aliphatic carbocycles. The molecular formula is C27H28N2O3. The van der Waals surface area contributed by atoms with Gasteiger partial charge in [-0.2, -0.15) is 0 Å². The van der Waals surface area contributed by atoms with E-state index in [1.165, 1.54) is 0 Å². The minimum absolute atomic E-state index is 0.0333. The van der Waals surface area contributed by atoms with Gasteiger partial charge in [0.05, 0.1) is 13.2 Å². The molecule has 1 amide bonds. The largest absolute Gasteiger partial charge is 0.497 e. The number of carbonyl (C=O) groups excluding carboxylic acids is 1. The average molecular weight is 429 g/mol. The molecule has 1 atom stereocenters. The normalized spacial score (nSPS) is 11.9. The highest BCUT2D eigenvalue weighted by Gasteiger charge is 2.26. The number of fused-ring (bicyclic) bond motifs is 1. The quantitative estimate of drug-likeness (QED) is 0.428. The Bertz CT molecular complexity index is 1210. The number of aromatic nitrogens is 1. The molecule has 4 aromatic rings. The zero-order valence-electron chi connectivity index (χ0n) is 18.9. The second-order valence-corrected chi connectivity index (χ2v) is 8.08. The van der Waals surface area contributed by atoms with Gasteiger partial charge in [0.1, 0.15) is 11.5 Å². The predicted molar refractivity (Wildman–Crippen MR) is 127 cm³/mol. The number of likely N-dealkylation sites (N-methyl/N-ethyl adjacent to an activating group) is 1. The molecule has 164 valence electrons. The molecule has 0 fully saturated rings. The minimum Gasteiger partial charge on any atom is -0.497 e. The Hall–Kier alpha value is -3.73. The van der Waals surface area contributed by atoms with E-state index in [1.807, 2.05) is 81.7 Å². The van der Waals surface area contributed by atoms with E-state index in [0.717, 1.165) is 38.9 Å². The van der Waals surface area contributed by atoms with E-state index >= 15 is 0 Å². The summed E-state index contributed by atoms with van der Waals surface area (Å²) in [6.07, 6.45) is 1.98. The van der Waals surface area contributed by atoms with Crippen LogP contribution < -0.4 is 9.47 Å². The number of nitrogens with one attached hydrogen (secondary N) is 1. The topological polar surface area (TPSA) is 54.6 Å². The number of H-pyrrole nitrogens is 1. The molecule has 0 aliphatic heterocycles. The van der Waals surface area contributed by atoms with E-state index in [2.05, 4.69) is 17.1 Å². The monoisotopic (exact) mass is 428 g/mol. The number of hydrogen-bond acceptors (Lipinski definition) is 3. The molecule has 1 aromatic heterocycles. The molecule has 0 spiro atoms. The van der Waals surface area contributed by atoms with Gasteiger partial charge in [-0.15, -0.1) is 0 Å². The zero-order chi connectivity index (χ0) is 22.7. The molecule has 0 saturated heterocycles. The van der Waals surface area contributed by atoms with Crippen LogP contribution in [0.5, 0.6) is 11.5 Å². The summed E-state index contributed by atoms with van der Waals surface area (Å²) in [6.45, 7) is 4.00. The van der Waals surface area contributed by atoms with Crippen LogP contribution in [0.25, 0.3) is 10.9 Å². The fourth-order valence-corrected chi connectivity index (χ4v) is 4.13. The number of rotatable bonds is 7. The van der Waals surface area contributed by atoms with Crippen molar-refractivity contribution in [2.24, 2.45) is 0 Å². The number of amides is 1. The van der Waals surface area contributed by atoms with E-state index in [1.54, 1.807) is 12.0 Å². The van der Waals surface area contributed by atoms with Crippen LogP contribution in [0.2, 0.25) is 0 Å². The first-order chi connectivity index (χ1) is 15.5. The Kier molecular flexibility index (Phi) is 6.17. The van der Waals surface area contributed by atoms with E-state index < -0.39 is 0 Å². The smallest absolute Gasteiger partial charge is 0.261 e. The van der Waals surface area contributed by atoms with Crippen LogP contribution in [0.15, 0.2) is 72.9 Å². The molecule has 0 unspecified atom stereocenters. The molecule has 5 heteroatoms. The first-order valence-corrected chi connectivity index (χ1v) is 10.6. The Morgan fingerprint density at radius 2 is 1.66 bits per heavy atom. The van der Waals surface area contributed by atoms with Gasteiger partial charge in [0, 0.05) is 29.7 Å². The second kappa shape index (κ2) is 9.18. The van der Waals surface area contributed by atoms with Gasteiger partial charge in [-0.3, -0.25) is 4.79 Å². The van der Waals surface area contributed by atoms with E-state index in [9.17, 15) is 4.79 Å². The highest BCUT2D eigenvalue weighted by Crippen LogP contribution is 2.34. The summed E-state index contributed by atoms with van der Waals surface area (Å²) in [5.41, 5.74) is 5.28. The summed E-state index contributed by atoms with van der Waals surface area (Å²) in [5, 5.41) is 1.09. The molecule has 4 rings (SSSR count). The van der Waals surface area contributed by atoms with Crippen molar-refractivity contribution in [2.45, 2.75) is 19.9 Å². The number of benzene rings is 3. The number of aromatic amines is 1. The Balaban J connectivity index is 1.64. The number of aryl methyl sites for hydroxylation is 2. The van der Waals surface area contributed by atoms with Gasteiger partial charge in [-0.1, -0.05) is 36.4 Å². The summed E-state index contributed by atoms with van der Waals surface area (Å²) >= 11 is 0. The molecular weight excluding hydrogens is 400 g/mol. The third-order valence-corrected chi connectivity index (χ3v) is 5.69. The van der Waals surface area contributed by atoms with Crippen molar-refractivity contribution in [3.05, 3.63) is 95.2 Å². The minimum atomic E-state index is -0.271. The molecule has 0 aliphatic rings. The van der Waals surface area contributed by atoms with E-state index in [0.29, 0.717) is 5.75 Å². The van der Waals surface area contributed by atoms with Gasteiger partial charge < -0.3 is 19.4 Å². The van der Waals surface area contributed by atoms with Crippen LogP contribution in [0.1, 0.15) is 28.3 Å². The summed E-state index contributed by atoms with van der Waals surface area (Å²) in [7, 11) is 3.47. The van der Waals surface area contributed by atoms with Crippen LogP contribution in [-0.4, -0.2) is 36.6 Å². The molecule has 32 heavy (non-hydrogen) atoms. The van der Waals surface area contributed by atoms with Crippen molar-refractivity contribution >= 4 is 16.8 Å². The fraction of sp³-hybridized carbons (Fsp3) is 0.222. The maximum atomic E-state index is 13.2. The molecule has 0 radical (unpaired) electrons. The Labute approximate surface area is 188 Å². The standard InChI is InChI=1S/C27H28N2O3/c1-18-13-19(2)15-22(14-18)32-17-26(30)29(3)27(20-9-11-21(31-4)12-10-20)24-16-28-25-8-6-5-7-23(24)25/h5-16,27-28H,17H2,1-4H3/t27-/m1/s1. The fourth-order valence-electron chi connectivity index (χ4n) is 4.13. The van der Waals surface area contributed by atoms with Crippen molar-refractivity contribution in [1.29, 1.82) is 0 Å². The third kappa shape index (κ3) is 4.47. The number of hydrogen-bond donors (Lipinski definition) is 1. The number of carbonyl (C=O) groups is 1. The average Bonchev–Trinajstić information content (AvgIpc) is 3.21. The number of para-hydroxylation sites is 1. The van der Waals surface area contributed by atoms with Crippen LogP contribution >= 0.6 is 0 Å². The Morgan fingerprint density at radius 1 is 0.969 bits per heavy atom. The van der Waals surface area contributed by atoms with Crippen molar-refractivity contribution in [3.63, 3.8) is 0 Å². The summed E-state index contributed by atoms with van der Waals surface area (Å²) < 4.78 is 11.2. The first kappa shape index (κ1) is 21.5. The zero-order valence-corrected chi connectivity index (χ0v) is 18.9. The first-order valence-electron chi connectivity index (χ1n) is 10.6. The van der Waals surface area contributed by atoms with Gasteiger partial charge in [-0.25, -0.2) is 0 Å². The third-order valence-electron chi connectivity index (χ3n) is 5.69. The Morgan fingerprint density at radius 3 is 2.34 bits per heavy atom. The predicted octanol–water partition coefficient (Wildman–Crippen LogP) is 5.42. The molecule has 0 bridgehead atoms. The van der Waals surface area contributed by atoms with Gasteiger partial charge >= 0.3 is 0 Å². The highest BCUT2D eigenvalue weighted by molar-refractivity contribution is 5.85. The maximum Gasteiger partial charge on any atom is 0.261 e. The summed E-state index contributed by atoms with van der Waals surface area (Å²) in [4.78, 5) is 18.3. The summed E-state index contributed by atoms with van der Waals surface area (Å²) in [5.74, 6) is 1.38. The molecule has 1 heterocycles. The lowest BCUT2D eigenvalue weighted by Gasteiger charge is -2.29. The van der Waals surface area contributed by atoms with Crippen molar-refractivity contribution in [1.82, 2.24) is 9.88 Å². The molecule has 5 nitrogen and oxygen atoms in total. The summed E-state index contributed by atoms with van der Waals surface area (Å²) in [6, 6.07) is 21.7.